The molecule has 1 atom stereocenters. The third-order valence-electron chi connectivity index (χ3n) is 2.42. The first-order valence-electron chi connectivity index (χ1n) is 4.34. The third-order valence-corrected chi connectivity index (χ3v) is 2.42. The molecular weight excluding hydrogens is 162 g/mol. The molecule has 0 aliphatic carbocycles. The molecule has 1 unspecified atom stereocenters. The van der Waals surface area contributed by atoms with Gasteiger partial charge in [-0.2, -0.15) is 5.26 Å². The van der Waals surface area contributed by atoms with Gasteiger partial charge < -0.3 is 11.1 Å². The van der Waals surface area contributed by atoms with Crippen LogP contribution in [-0.2, 0) is 0 Å². The molecule has 66 valence electrons. The van der Waals surface area contributed by atoms with E-state index in [-0.39, 0.29) is 0 Å². The molecule has 2 rings (SSSR count). The second-order valence-electron chi connectivity index (χ2n) is 3.25. The molecule has 3 N–H and O–H groups in total. The van der Waals surface area contributed by atoms with E-state index < -0.39 is 0 Å². The van der Waals surface area contributed by atoms with Gasteiger partial charge in [-0.1, -0.05) is 6.07 Å². The molecule has 13 heavy (non-hydrogen) atoms. The molecule has 3 nitrogen and oxygen atoms in total. The Balaban J connectivity index is 2.30. The summed E-state index contributed by atoms with van der Waals surface area (Å²) in [4.78, 5) is 0. The highest BCUT2D eigenvalue weighted by Gasteiger charge is 2.18. The van der Waals surface area contributed by atoms with Crippen LogP contribution in [0.25, 0.3) is 0 Å². The number of nitrogens with one attached hydrogen (secondary N) is 1. The van der Waals surface area contributed by atoms with Gasteiger partial charge in [0.25, 0.3) is 0 Å². The lowest BCUT2D eigenvalue weighted by atomic mass is 9.96. The second kappa shape index (κ2) is 3.08. The highest BCUT2D eigenvalue weighted by Crippen LogP contribution is 2.25. The fourth-order valence-electron chi connectivity index (χ4n) is 1.47. The Kier molecular flexibility index (Phi) is 1.91. The van der Waals surface area contributed by atoms with Crippen molar-refractivity contribution in [3.8, 4) is 6.07 Å². The Hall–Kier alpha value is -1.53. The monoisotopic (exact) mass is 173 g/mol. The minimum atomic E-state index is 0.440. The molecule has 1 aliphatic heterocycles. The van der Waals surface area contributed by atoms with Crippen molar-refractivity contribution >= 4 is 5.69 Å². The van der Waals surface area contributed by atoms with E-state index in [0.29, 0.717) is 17.3 Å². The van der Waals surface area contributed by atoms with Gasteiger partial charge in [-0.15, -0.1) is 0 Å². The fourth-order valence-corrected chi connectivity index (χ4v) is 1.47. The molecule has 1 aromatic carbocycles. The van der Waals surface area contributed by atoms with Crippen molar-refractivity contribution in [3.63, 3.8) is 0 Å². The molecule has 0 spiro atoms. The maximum atomic E-state index is 8.67. The predicted molar refractivity (Wildman–Crippen MR) is 50.9 cm³/mol. The lowest BCUT2D eigenvalue weighted by Gasteiger charge is -2.28. The first-order valence-corrected chi connectivity index (χ1v) is 4.34. The number of hydrogen-bond acceptors (Lipinski definition) is 3. The number of nitrogens with zero attached hydrogens (tertiary/aromatic N) is 1. The molecule has 1 fully saturated rings. The van der Waals surface area contributed by atoms with E-state index in [0.717, 1.165) is 13.0 Å². The van der Waals surface area contributed by atoms with Crippen molar-refractivity contribution in [2.45, 2.75) is 12.5 Å². The Morgan fingerprint density at radius 3 is 2.77 bits per heavy atom. The summed E-state index contributed by atoms with van der Waals surface area (Å²) in [6, 6.07) is 8.12. The van der Waals surface area contributed by atoms with Gasteiger partial charge in [-0.05, 0) is 30.7 Å². The summed E-state index contributed by atoms with van der Waals surface area (Å²) in [7, 11) is 0. The second-order valence-corrected chi connectivity index (χ2v) is 3.25. The van der Waals surface area contributed by atoms with Crippen LogP contribution in [0.3, 0.4) is 0 Å². The van der Waals surface area contributed by atoms with Gasteiger partial charge in [-0.25, -0.2) is 0 Å². The molecule has 0 amide bonds. The van der Waals surface area contributed by atoms with Crippen LogP contribution in [0, 0.1) is 11.3 Å². The van der Waals surface area contributed by atoms with Crippen LogP contribution in [0.1, 0.15) is 23.6 Å². The fraction of sp³-hybridized carbons (Fsp3) is 0.300. The normalized spacial score (nSPS) is 20.4. The number of benzene rings is 1. The van der Waals surface area contributed by atoms with Gasteiger partial charge in [0.1, 0.15) is 6.07 Å². The van der Waals surface area contributed by atoms with E-state index in [1.54, 1.807) is 6.07 Å². The molecule has 1 aromatic rings. The molecule has 0 bridgehead atoms. The number of anilines is 1. The van der Waals surface area contributed by atoms with Crippen LogP contribution >= 0.6 is 0 Å². The Morgan fingerprint density at radius 2 is 2.31 bits per heavy atom. The quantitative estimate of drug-likeness (QED) is 0.627. The van der Waals surface area contributed by atoms with E-state index in [2.05, 4.69) is 11.4 Å². The lowest BCUT2D eigenvalue weighted by Crippen LogP contribution is -2.34. The summed E-state index contributed by atoms with van der Waals surface area (Å²) in [5.74, 6) is 0. The zero-order chi connectivity index (χ0) is 9.26. The van der Waals surface area contributed by atoms with Crippen molar-refractivity contribution in [1.29, 1.82) is 5.26 Å². The number of nitriles is 1. The van der Waals surface area contributed by atoms with Crippen LogP contribution in [0.5, 0.6) is 0 Å². The van der Waals surface area contributed by atoms with Crippen molar-refractivity contribution in [2.24, 2.45) is 0 Å². The molecule has 0 aromatic heterocycles. The molecule has 0 saturated carbocycles. The van der Waals surface area contributed by atoms with Gasteiger partial charge in [0.05, 0.1) is 5.56 Å². The predicted octanol–water partition coefficient (Wildman–Crippen LogP) is 1.17. The minimum absolute atomic E-state index is 0.440. The molecule has 1 saturated heterocycles. The minimum Gasteiger partial charge on any atom is -0.398 e. The maximum absolute atomic E-state index is 8.67. The molecule has 0 radical (unpaired) electrons. The van der Waals surface area contributed by atoms with Crippen molar-refractivity contribution in [2.75, 3.05) is 12.3 Å². The van der Waals surface area contributed by atoms with Crippen molar-refractivity contribution in [3.05, 3.63) is 29.3 Å². The summed E-state index contributed by atoms with van der Waals surface area (Å²) < 4.78 is 0. The summed E-state index contributed by atoms with van der Waals surface area (Å²) in [5.41, 5.74) is 8.02. The van der Waals surface area contributed by atoms with Crippen LogP contribution in [0.4, 0.5) is 5.69 Å². The van der Waals surface area contributed by atoms with Gasteiger partial charge in [-0.3, -0.25) is 0 Å². The third kappa shape index (κ3) is 1.36. The van der Waals surface area contributed by atoms with E-state index in [1.807, 2.05) is 12.1 Å². The molecule has 1 aliphatic rings. The SMILES string of the molecule is N#Cc1ccc(C2CCN2)cc1N. The first-order chi connectivity index (χ1) is 6.31. The number of rotatable bonds is 1. The first kappa shape index (κ1) is 8.09. The maximum Gasteiger partial charge on any atom is 0.101 e. The van der Waals surface area contributed by atoms with Crippen LogP contribution in [0.15, 0.2) is 18.2 Å². The smallest absolute Gasteiger partial charge is 0.101 e. The van der Waals surface area contributed by atoms with Gasteiger partial charge in [0.2, 0.25) is 0 Å². The van der Waals surface area contributed by atoms with E-state index in [9.17, 15) is 0 Å². The van der Waals surface area contributed by atoms with Crippen LogP contribution in [-0.4, -0.2) is 6.54 Å². The zero-order valence-electron chi connectivity index (χ0n) is 7.25. The zero-order valence-corrected chi connectivity index (χ0v) is 7.25. The van der Waals surface area contributed by atoms with Crippen molar-refractivity contribution in [1.82, 2.24) is 5.32 Å². The molecule has 3 heteroatoms. The highest BCUT2D eigenvalue weighted by atomic mass is 15.0. The van der Waals surface area contributed by atoms with E-state index >= 15 is 0 Å². The van der Waals surface area contributed by atoms with Gasteiger partial charge in [0.15, 0.2) is 0 Å². The Morgan fingerprint density at radius 1 is 1.54 bits per heavy atom. The number of hydrogen-bond donors (Lipinski definition) is 2. The number of nitrogens with two attached hydrogens (primary N) is 1. The summed E-state index contributed by atoms with van der Waals surface area (Å²) in [6.45, 7) is 1.07. The van der Waals surface area contributed by atoms with Crippen molar-refractivity contribution < 1.29 is 0 Å². The Labute approximate surface area is 77.2 Å². The van der Waals surface area contributed by atoms with E-state index in [4.69, 9.17) is 11.0 Å². The standard InChI is InChI=1S/C10H11N3/c11-6-8-2-1-7(5-9(8)12)10-3-4-13-10/h1-2,5,10,13H,3-4,12H2. The molecule has 1 heterocycles. The van der Waals surface area contributed by atoms with Gasteiger partial charge >= 0.3 is 0 Å². The average Bonchev–Trinajstić information content (AvgIpc) is 2.01. The summed E-state index contributed by atoms with van der Waals surface area (Å²) in [5, 5.41) is 12.0. The lowest BCUT2D eigenvalue weighted by molar-refractivity contribution is 0.383. The van der Waals surface area contributed by atoms with Crippen LogP contribution in [0.2, 0.25) is 0 Å². The summed E-state index contributed by atoms with van der Waals surface area (Å²) >= 11 is 0. The topological polar surface area (TPSA) is 61.8 Å². The van der Waals surface area contributed by atoms with Crippen LogP contribution < -0.4 is 11.1 Å². The average molecular weight is 173 g/mol. The summed E-state index contributed by atoms with van der Waals surface area (Å²) in [6.07, 6.45) is 1.16. The van der Waals surface area contributed by atoms with Gasteiger partial charge in [0, 0.05) is 11.7 Å². The number of nitrogen functional groups attached to an aromatic ring is 1. The van der Waals surface area contributed by atoms with E-state index in [1.165, 1.54) is 5.56 Å². The molecular formula is C10H11N3. The largest absolute Gasteiger partial charge is 0.398 e. The Bertz CT molecular complexity index is 361. The highest BCUT2D eigenvalue weighted by molar-refractivity contribution is 5.55.